The maximum Gasteiger partial charge on any atom is 0.0905 e. The van der Waals surface area contributed by atoms with Crippen LogP contribution in [0.4, 0.5) is 0 Å². The molecule has 3 nitrogen and oxygen atoms in total. The Hall–Kier alpha value is -1.90. The zero-order valence-corrected chi connectivity index (χ0v) is 10.2. The van der Waals surface area contributed by atoms with E-state index >= 15 is 0 Å². The summed E-state index contributed by atoms with van der Waals surface area (Å²) >= 11 is 0. The Balaban J connectivity index is 2.26. The first-order valence-corrected chi connectivity index (χ1v) is 5.77. The zero-order chi connectivity index (χ0) is 12.3. The van der Waals surface area contributed by atoms with E-state index in [4.69, 9.17) is 5.73 Å². The first-order chi connectivity index (χ1) is 8.16. The summed E-state index contributed by atoms with van der Waals surface area (Å²) in [5, 5.41) is 2.39. The Morgan fingerprint density at radius 3 is 2.94 bits per heavy atom. The molecule has 1 aromatic carbocycles. The summed E-state index contributed by atoms with van der Waals surface area (Å²) in [6.07, 6.45) is 3.70. The van der Waals surface area contributed by atoms with E-state index < -0.39 is 0 Å². The molecule has 0 spiro atoms. The van der Waals surface area contributed by atoms with Crippen molar-refractivity contribution in [2.45, 2.75) is 19.8 Å². The number of benzene rings is 1. The maximum atomic E-state index is 5.55. The summed E-state index contributed by atoms with van der Waals surface area (Å²) in [4.78, 5) is 8.37. The second-order valence-electron chi connectivity index (χ2n) is 4.37. The molecular formula is C14H17N3. The average Bonchev–Trinajstić information content (AvgIpc) is 2.35. The molecule has 0 amide bonds. The largest absolute Gasteiger partial charge is 0.388 e. The van der Waals surface area contributed by atoms with Crippen molar-refractivity contribution >= 4 is 16.6 Å². The molecule has 1 unspecified atom stereocenters. The van der Waals surface area contributed by atoms with Gasteiger partial charge < -0.3 is 5.73 Å². The van der Waals surface area contributed by atoms with Gasteiger partial charge in [0.1, 0.15) is 0 Å². The van der Waals surface area contributed by atoms with Gasteiger partial charge in [0.25, 0.3) is 0 Å². The van der Waals surface area contributed by atoms with Crippen molar-refractivity contribution in [2.24, 2.45) is 10.7 Å². The predicted octanol–water partition coefficient (Wildman–Crippen LogP) is 2.72. The third kappa shape index (κ3) is 2.81. The lowest BCUT2D eigenvalue weighted by atomic mass is 9.99. The fraction of sp³-hybridized carbons (Fsp3) is 0.286. The predicted molar refractivity (Wildman–Crippen MR) is 72.3 cm³/mol. The molecule has 2 rings (SSSR count). The van der Waals surface area contributed by atoms with E-state index in [0.29, 0.717) is 11.8 Å². The number of aliphatic imine (C=N–C) groups is 1. The van der Waals surface area contributed by atoms with Crippen LogP contribution >= 0.6 is 0 Å². The Labute approximate surface area is 101 Å². The highest BCUT2D eigenvalue weighted by atomic mass is 14.8. The normalized spacial score (nSPS) is 13.9. The van der Waals surface area contributed by atoms with Gasteiger partial charge in [-0.25, -0.2) is 0 Å². The second kappa shape index (κ2) is 4.95. The molecule has 0 aliphatic rings. The van der Waals surface area contributed by atoms with Crippen LogP contribution in [-0.4, -0.2) is 17.4 Å². The van der Waals surface area contributed by atoms with Crippen LogP contribution in [0.25, 0.3) is 10.8 Å². The summed E-state index contributed by atoms with van der Waals surface area (Å²) in [7, 11) is 0. The van der Waals surface area contributed by atoms with Crippen LogP contribution in [0.3, 0.4) is 0 Å². The first-order valence-electron chi connectivity index (χ1n) is 5.77. The molecule has 0 bridgehead atoms. The number of hydrogen-bond acceptors (Lipinski definition) is 2. The Bertz CT molecular complexity index is 542. The molecule has 1 heterocycles. The van der Waals surface area contributed by atoms with Gasteiger partial charge in [-0.05, 0) is 23.9 Å². The molecular weight excluding hydrogens is 210 g/mol. The van der Waals surface area contributed by atoms with Gasteiger partial charge in [-0.3, -0.25) is 9.98 Å². The molecule has 0 radical (unpaired) electrons. The van der Waals surface area contributed by atoms with E-state index in [1.165, 1.54) is 16.3 Å². The van der Waals surface area contributed by atoms with Crippen LogP contribution in [0.15, 0.2) is 41.7 Å². The maximum absolute atomic E-state index is 5.55. The van der Waals surface area contributed by atoms with Gasteiger partial charge in [-0.2, -0.15) is 0 Å². The monoisotopic (exact) mass is 227 g/mol. The molecule has 0 fully saturated rings. The van der Waals surface area contributed by atoms with Gasteiger partial charge in [-0.15, -0.1) is 0 Å². The highest BCUT2D eigenvalue weighted by Crippen LogP contribution is 2.21. The third-order valence-electron chi connectivity index (χ3n) is 2.85. The van der Waals surface area contributed by atoms with E-state index in [2.05, 4.69) is 35.1 Å². The number of pyridine rings is 1. The molecule has 0 aliphatic heterocycles. The summed E-state index contributed by atoms with van der Waals surface area (Å²) < 4.78 is 0. The lowest BCUT2D eigenvalue weighted by molar-refractivity contribution is 0.775. The van der Waals surface area contributed by atoms with Crippen molar-refractivity contribution in [3.8, 4) is 0 Å². The lowest BCUT2D eigenvalue weighted by Crippen LogP contribution is -2.08. The Kier molecular flexibility index (Phi) is 3.38. The number of fused-ring (bicyclic) bond motifs is 1. The third-order valence-corrected chi connectivity index (χ3v) is 2.85. The second-order valence-corrected chi connectivity index (χ2v) is 4.37. The summed E-state index contributed by atoms with van der Waals surface area (Å²) in [5.74, 6) is 1.02. The first kappa shape index (κ1) is 11.6. The van der Waals surface area contributed by atoms with Gasteiger partial charge in [0.2, 0.25) is 0 Å². The Morgan fingerprint density at radius 1 is 1.35 bits per heavy atom. The Morgan fingerprint density at radius 2 is 2.18 bits per heavy atom. The minimum absolute atomic E-state index is 0.381. The summed E-state index contributed by atoms with van der Waals surface area (Å²) in [5.41, 5.74) is 6.84. The molecule has 0 saturated heterocycles. The van der Waals surface area contributed by atoms with Crippen LogP contribution in [0.5, 0.6) is 0 Å². The SMILES string of the molecule is C/C(N)=N\CC(C)c1ccc2cnccc2c1. The zero-order valence-electron chi connectivity index (χ0n) is 10.2. The van der Waals surface area contributed by atoms with Gasteiger partial charge in [-0.1, -0.05) is 25.1 Å². The molecule has 2 N–H and O–H groups in total. The van der Waals surface area contributed by atoms with Crippen molar-refractivity contribution in [1.82, 2.24) is 4.98 Å². The number of rotatable bonds is 3. The van der Waals surface area contributed by atoms with Crippen molar-refractivity contribution < 1.29 is 0 Å². The molecule has 2 aromatic rings. The highest BCUT2D eigenvalue weighted by Gasteiger charge is 2.05. The number of nitrogens with two attached hydrogens (primary N) is 1. The number of aromatic nitrogens is 1. The molecule has 0 aliphatic carbocycles. The van der Waals surface area contributed by atoms with Gasteiger partial charge >= 0.3 is 0 Å². The quantitative estimate of drug-likeness (QED) is 0.647. The molecule has 1 atom stereocenters. The van der Waals surface area contributed by atoms with Crippen LogP contribution < -0.4 is 5.73 Å². The van der Waals surface area contributed by atoms with E-state index in [1.807, 2.05) is 25.4 Å². The topological polar surface area (TPSA) is 51.3 Å². The lowest BCUT2D eigenvalue weighted by Gasteiger charge is -2.10. The van der Waals surface area contributed by atoms with Gasteiger partial charge in [0, 0.05) is 30.2 Å². The summed E-state index contributed by atoms with van der Waals surface area (Å²) in [6.45, 7) is 4.71. The fourth-order valence-corrected chi connectivity index (χ4v) is 1.79. The van der Waals surface area contributed by atoms with Crippen molar-refractivity contribution in [3.05, 3.63) is 42.2 Å². The van der Waals surface area contributed by atoms with Gasteiger partial charge in [0.15, 0.2) is 0 Å². The van der Waals surface area contributed by atoms with Crippen molar-refractivity contribution in [2.75, 3.05) is 6.54 Å². The van der Waals surface area contributed by atoms with E-state index in [-0.39, 0.29) is 0 Å². The molecule has 0 saturated carbocycles. The minimum Gasteiger partial charge on any atom is -0.388 e. The van der Waals surface area contributed by atoms with Crippen LogP contribution in [0.2, 0.25) is 0 Å². The van der Waals surface area contributed by atoms with Crippen LogP contribution in [-0.2, 0) is 0 Å². The fourth-order valence-electron chi connectivity index (χ4n) is 1.79. The minimum atomic E-state index is 0.381. The highest BCUT2D eigenvalue weighted by molar-refractivity contribution is 5.82. The number of nitrogens with zero attached hydrogens (tertiary/aromatic N) is 2. The number of hydrogen-bond donors (Lipinski definition) is 1. The van der Waals surface area contributed by atoms with E-state index in [9.17, 15) is 0 Å². The van der Waals surface area contributed by atoms with E-state index in [1.54, 1.807) is 0 Å². The molecule has 88 valence electrons. The molecule has 3 heteroatoms. The van der Waals surface area contributed by atoms with Crippen molar-refractivity contribution in [1.29, 1.82) is 0 Å². The molecule has 1 aromatic heterocycles. The number of amidine groups is 1. The van der Waals surface area contributed by atoms with Gasteiger partial charge in [0.05, 0.1) is 5.84 Å². The smallest absolute Gasteiger partial charge is 0.0905 e. The average molecular weight is 227 g/mol. The standard InChI is InChI=1S/C14H17N3/c1-10(8-17-11(2)15)12-3-4-14-9-16-6-5-13(14)7-12/h3-7,9-10H,8H2,1-2H3,(H2,15,17). The molecule has 17 heavy (non-hydrogen) atoms. The van der Waals surface area contributed by atoms with Crippen LogP contribution in [0, 0.1) is 0 Å². The summed E-state index contributed by atoms with van der Waals surface area (Å²) in [6, 6.07) is 8.47. The van der Waals surface area contributed by atoms with Crippen molar-refractivity contribution in [3.63, 3.8) is 0 Å². The van der Waals surface area contributed by atoms with E-state index in [0.717, 1.165) is 6.54 Å². The van der Waals surface area contributed by atoms with Crippen LogP contribution in [0.1, 0.15) is 25.3 Å².